The van der Waals surface area contributed by atoms with Crippen LogP contribution in [0.5, 0.6) is 0 Å². The van der Waals surface area contributed by atoms with Crippen molar-refractivity contribution in [1.82, 2.24) is 20.0 Å². The molecule has 3 rings (SSSR count). The summed E-state index contributed by atoms with van der Waals surface area (Å²) in [4.78, 5) is 2.59. The van der Waals surface area contributed by atoms with Crippen molar-refractivity contribution in [1.29, 1.82) is 0 Å². The van der Waals surface area contributed by atoms with Crippen LogP contribution >= 0.6 is 0 Å². The molecule has 0 spiro atoms. The van der Waals surface area contributed by atoms with E-state index in [0.717, 1.165) is 31.0 Å². The Morgan fingerprint density at radius 3 is 2.80 bits per heavy atom. The minimum absolute atomic E-state index is 0.130. The van der Waals surface area contributed by atoms with Crippen LogP contribution in [0.1, 0.15) is 35.4 Å². The molecule has 2 heterocycles. The van der Waals surface area contributed by atoms with Crippen molar-refractivity contribution < 1.29 is 5.11 Å². The zero-order valence-electron chi connectivity index (χ0n) is 15.4. The molecule has 1 unspecified atom stereocenters. The van der Waals surface area contributed by atoms with Gasteiger partial charge in [-0.1, -0.05) is 30.3 Å². The zero-order chi connectivity index (χ0) is 17.6. The first-order valence-corrected chi connectivity index (χ1v) is 9.31. The molecule has 5 heteroatoms. The van der Waals surface area contributed by atoms with E-state index in [2.05, 4.69) is 59.5 Å². The van der Waals surface area contributed by atoms with E-state index < -0.39 is 0 Å². The van der Waals surface area contributed by atoms with Gasteiger partial charge in [0.1, 0.15) is 0 Å². The van der Waals surface area contributed by atoms with E-state index in [1.165, 1.54) is 30.5 Å². The molecule has 0 bridgehead atoms. The second-order valence-corrected chi connectivity index (χ2v) is 6.98. The Morgan fingerprint density at radius 2 is 2.04 bits per heavy atom. The van der Waals surface area contributed by atoms with Crippen LogP contribution in [0.4, 0.5) is 0 Å². The number of aryl methyl sites for hydroxylation is 1. The van der Waals surface area contributed by atoms with Gasteiger partial charge in [-0.2, -0.15) is 5.10 Å². The largest absolute Gasteiger partial charge is 0.394 e. The van der Waals surface area contributed by atoms with Crippen molar-refractivity contribution in [2.75, 3.05) is 19.7 Å². The monoisotopic (exact) mass is 342 g/mol. The van der Waals surface area contributed by atoms with Gasteiger partial charge in [-0.05, 0) is 38.8 Å². The van der Waals surface area contributed by atoms with Crippen molar-refractivity contribution in [2.45, 2.75) is 52.4 Å². The topological polar surface area (TPSA) is 53.3 Å². The molecular weight excluding hydrogens is 312 g/mol. The molecule has 1 saturated heterocycles. The lowest BCUT2D eigenvalue weighted by Gasteiger charge is -2.25. The van der Waals surface area contributed by atoms with Crippen LogP contribution in [0, 0.1) is 13.8 Å². The molecule has 1 aliphatic heterocycles. The summed E-state index contributed by atoms with van der Waals surface area (Å²) in [5, 5.41) is 17.3. The number of benzene rings is 1. The van der Waals surface area contributed by atoms with Gasteiger partial charge in [0.05, 0.1) is 18.8 Å². The molecule has 1 aromatic carbocycles. The van der Waals surface area contributed by atoms with Gasteiger partial charge in [-0.25, -0.2) is 0 Å². The van der Waals surface area contributed by atoms with Crippen LogP contribution in [0.25, 0.3) is 0 Å². The number of nitrogens with one attached hydrogen (secondary N) is 1. The maximum absolute atomic E-state index is 9.13. The molecule has 136 valence electrons. The van der Waals surface area contributed by atoms with Gasteiger partial charge in [0, 0.05) is 36.9 Å². The first kappa shape index (κ1) is 18.1. The van der Waals surface area contributed by atoms with Gasteiger partial charge in [-0.15, -0.1) is 0 Å². The molecule has 2 N–H and O–H groups in total. The highest BCUT2D eigenvalue weighted by Crippen LogP contribution is 2.20. The van der Waals surface area contributed by atoms with Crippen molar-refractivity contribution in [2.24, 2.45) is 0 Å². The molecule has 0 amide bonds. The summed E-state index contributed by atoms with van der Waals surface area (Å²) in [5.74, 6) is 0. The fraction of sp³-hybridized carbons (Fsp3) is 0.550. The fourth-order valence-corrected chi connectivity index (χ4v) is 3.82. The quantitative estimate of drug-likeness (QED) is 0.773. The van der Waals surface area contributed by atoms with Crippen LogP contribution in [0.2, 0.25) is 0 Å². The summed E-state index contributed by atoms with van der Waals surface area (Å²) in [6.45, 7) is 8.92. The third-order valence-electron chi connectivity index (χ3n) is 5.25. The molecule has 1 aromatic heterocycles. The Kier molecular flexibility index (Phi) is 6.24. The van der Waals surface area contributed by atoms with Gasteiger partial charge in [0.15, 0.2) is 0 Å². The van der Waals surface area contributed by atoms with Gasteiger partial charge in [0.2, 0.25) is 0 Å². The Balaban J connectivity index is 1.53. The normalized spacial score (nSPS) is 18.1. The standard InChI is InChI=1S/C20H30N4O/c1-16-20(17(2)24(22-16)11-12-25)14-21-13-19-9-6-10-23(19)15-18-7-4-3-5-8-18/h3-5,7-8,19,21,25H,6,9-15H2,1-2H3. The molecule has 0 saturated carbocycles. The van der Waals surface area contributed by atoms with Crippen molar-refractivity contribution in [3.63, 3.8) is 0 Å². The van der Waals surface area contributed by atoms with Gasteiger partial charge in [0.25, 0.3) is 0 Å². The van der Waals surface area contributed by atoms with Crippen LogP contribution < -0.4 is 5.32 Å². The average Bonchev–Trinajstić information content (AvgIpc) is 3.15. The van der Waals surface area contributed by atoms with E-state index in [9.17, 15) is 0 Å². The summed E-state index contributed by atoms with van der Waals surface area (Å²) in [6.07, 6.45) is 2.55. The number of nitrogens with zero attached hydrogens (tertiary/aromatic N) is 3. The summed E-state index contributed by atoms with van der Waals surface area (Å²) in [7, 11) is 0. The predicted molar refractivity (Wildman–Crippen MR) is 100 cm³/mol. The van der Waals surface area contributed by atoms with Crippen LogP contribution in [0.3, 0.4) is 0 Å². The number of aliphatic hydroxyl groups is 1. The number of aromatic nitrogens is 2. The first-order valence-electron chi connectivity index (χ1n) is 9.31. The Labute approximate surface area is 150 Å². The minimum Gasteiger partial charge on any atom is -0.394 e. The van der Waals surface area contributed by atoms with Crippen LogP contribution in [-0.2, 0) is 19.6 Å². The van der Waals surface area contributed by atoms with E-state index >= 15 is 0 Å². The Bertz CT molecular complexity index is 668. The molecule has 1 aliphatic rings. The molecule has 5 nitrogen and oxygen atoms in total. The van der Waals surface area contributed by atoms with Crippen LogP contribution in [-0.4, -0.2) is 45.5 Å². The first-order chi connectivity index (χ1) is 12.2. The smallest absolute Gasteiger partial charge is 0.0644 e. The maximum atomic E-state index is 9.13. The Morgan fingerprint density at radius 1 is 1.24 bits per heavy atom. The lowest BCUT2D eigenvalue weighted by atomic mass is 10.1. The maximum Gasteiger partial charge on any atom is 0.0644 e. The van der Waals surface area contributed by atoms with Crippen molar-refractivity contribution >= 4 is 0 Å². The molecule has 0 radical (unpaired) electrons. The summed E-state index contributed by atoms with van der Waals surface area (Å²) in [6, 6.07) is 11.3. The number of aliphatic hydroxyl groups excluding tert-OH is 1. The summed E-state index contributed by atoms with van der Waals surface area (Å²) >= 11 is 0. The number of likely N-dealkylation sites (tertiary alicyclic amines) is 1. The summed E-state index contributed by atoms with van der Waals surface area (Å²) < 4.78 is 1.91. The van der Waals surface area contributed by atoms with Gasteiger partial charge >= 0.3 is 0 Å². The van der Waals surface area contributed by atoms with E-state index in [1.54, 1.807) is 0 Å². The lowest BCUT2D eigenvalue weighted by Crippen LogP contribution is -2.37. The molecular formula is C20H30N4O. The fourth-order valence-electron chi connectivity index (χ4n) is 3.82. The number of hydrogen-bond acceptors (Lipinski definition) is 4. The molecule has 1 fully saturated rings. The van der Waals surface area contributed by atoms with Crippen molar-refractivity contribution in [3.05, 3.63) is 52.8 Å². The predicted octanol–water partition coefficient (Wildman–Crippen LogP) is 2.25. The Hall–Kier alpha value is -1.69. The number of rotatable bonds is 8. The van der Waals surface area contributed by atoms with E-state index in [-0.39, 0.29) is 6.61 Å². The highest BCUT2D eigenvalue weighted by molar-refractivity contribution is 5.24. The second-order valence-electron chi connectivity index (χ2n) is 6.98. The van der Waals surface area contributed by atoms with Gasteiger partial charge in [-0.3, -0.25) is 9.58 Å². The van der Waals surface area contributed by atoms with E-state index in [1.807, 2.05) is 4.68 Å². The SMILES string of the molecule is Cc1nn(CCO)c(C)c1CNCC1CCCN1Cc1ccccc1. The third kappa shape index (κ3) is 4.48. The number of hydrogen-bond donors (Lipinski definition) is 2. The second kappa shape index (κ2) is 8.61. The molecule has 2 aromatic rings. The summed E-state index contributed by atoms with van der Waals surface area (Å²) in [5.41, 5.74) is 4.88. The van der Waals surface area contributed by atoms with Crippen LogP contribution in [0.15, 0.2) is 30.3 Å². The van der Waals surface area contributed by atoms with Crippen molar-refractivity contribution in [3.8, 4) is 0 Å². The molecule has 0 aliphatic carbocycles. The minimum atomic E-state index is 0.130. The van der Waals surface area contributed by atoms with Gasteiger partial charge < -0.3 is 10.4 Å². The van der Waals surface area contributed by atoms with E-state index in [4.69, 9.17) is 5.11 Å². The highest BCUT2D eigenvalue weighted by atomic mass is 16.3. The lowest BCUT2D eigenvalue weighted by molar-refractivity contribution is 0.239. The zero-order valence-corrected chi connectivity index (χ0v) is 15.4. The third-order valence-corrected chi connectivity index (χ3v) is 5.25. The highest BCUT2D eigenvalue weighted by Gasteiger charge is 2.24. The molecule has 25 heavy (non-hydrogen) atoms. The molecule has 1 atom stereocenters. The average molecular weight is 342 g/mol. The van der Waals surface area contributed by atoms with E-state index in [0.29, 0.717) is 12.6 Å².